The van der Waals surface area contributed by atoms with Gasteiger partial charge < -0.3 is 9.84 Å². The lowest BCUT2D eigenvalue weighted by atomic mass is 9.90. The van der Waals surface area contributed by atoms with Crippen molar-refractivity contribution in [1.29, 1.82) is 0 Å². The van der Waals surface area contributed by atoms with Crippen LogP contribution in [0, 0.1) is 26.7 Å². The average molecular weight is 248 g/mol. The van der Waals surface area contributed by atoms with E-state index in [1.807, 2.05) is 0 Å². The number of rotatable bonds is 3. The van der Waals surface area contributed by atoms with Crippen molar-refractivity contribution in [2.24, 2.45) is 5.92 Å². The van der Waals surface area contributed by atoms with Gasteiger partial charge in [-0.2, -0.15) is 0 Å². The number of aliphatic hydroxyl groups excluding tert-OH is 1. The highest BCUT2D eigenvalue weighted by atomic mass is 16.5. The Balaban J connectivity index is 2.14. The molecule has 1 aromatic carbocycles. The zero-order chi connectivity index (χ0) is 13.3. The van der Waals surface area contributed by atoms with Crippen molar-refractivity contribution < 1.29 is 9.84 Å². The molecule has 1 aliphatic heterocycles. The van der Waals surface area contributed by atoms with Crippen molar-refractivity contribution >= 4 is 0 Å². The summed E-state index contributed by atoms with van der Waals surface area (Å²) in [4.78, 5) is 0. The van der Waals surface area contributed by atoms with Crippen LogP contribution in [0.3, 0.4) is 0 Å². The van der Waals surface area contributed by atoms with Gasteiger partial charge in [-0.3, -0.25) is 0 Å². The molecule has 2 rings (SSSR count). The first kappa shape index (κ1) is 13.6. The molecule has 1 fully saturated rings. The normalized spacial score (nSPS) is 25.4. The third kappa shape index (κ3) is 2.76. The summed E-state index contributed by atoms with van der Waals surface area (Å²) in [6, 6.07) is 4.38. The zero-order valence-corrected chi connectivity index (χ0v) is 11.9. The molecule has 0 bridgehead atoms. The Kier molecular flexibility index (Phi) is 4.08. The molecule has 0 amide bonds. The molecule has 1 saturated heterocycles. The predicted molar refractivity (Wildman–Crippen MR) is 73.9 cm³/mol. The first-order valence-electron chi connectivity index (χ1n) is 6.85. The van der Waals surface area contributed by atoms with E-state index < -0.39 is 0 Å². The van der Waals surface area contributed by atoms with Crippen LogP contribution in [0.4, 0.5) is 0 Å². The Morgan fingerprint density at radius 3 is 2.39 bits per heavy atom. The number of hydrogen-bond donors (Lipinski definition) is 1. The largest absolute Gasteiger partial charge is 0.390 e. The van der Waals surface area contributed by atoms with E-state index in [0.29, 0.717) is 12.3 Å². The quantitative estimate of drug-likeness (QED) is 0.891. The molecule has 100 valence electrons. The maximum Gasteiger partial charge on any atom is 0.0863 e. The standard InChI is InChI=1S/C16H24O2/c1-10-7-12(3)14(13(4)8-10)9-15(17)16-11(2)5-6-18-16/h7-8,11,15-17H,5-6,9H2,1-4H3. The smallest absolute Gasteiger partial charge is 0.0863 e. The first-order valence-corrected chi connectivity index (χ1v) is 6.85. The molecule has 2 heteroatoms. The molecule has 18 heavy (non-hydrogen) atoms. The Labute approximate surface area is 110 Å². The molecule has 1 aromatic rings. The summed E-state index contributed by atoms with van der Waals surface area (Å²) in [6.07, 6.45) is 1.38. The Hall–Kier alpha value is -0.860. The second kappa shape index (κ2) is 5.41. The number of hydrogen-bond acceptors (Lipinski definition) is 2. The molecule has 0 aromatic heterocycles. The Bertz CT molecular complexity index is 402. The van der Waals surface area contributed by atoms with Crippen LogP contribution in [0.25, 0.3) is 0 Å². The van der Waals surface area contributed by atoms with E-state index >= 15 is 0 Å². The van der Waals surface area contributed by atoms with Crippen molar-refractivity contribution in [1.82, 2.24) is 0 Å². The lowest BCUT2D eigenvalue weighted by Gasteiger charge is -2.23. The van der Waals surface area contributed by atoms with Crippen LogP contribution >= 0.6 is 0 Å². The molecule has 0 aliphatic carbocycles. The summed E-state index contributed by atoms with van der Waals surface area (Å²) in [5.74, 6) is 0.464. The van der Waals surface area contributed by atoms with Gasteiger partial charge in [0.05, 0.1) is 12.2 Å². The highest BCUT2D eigenvalue weighted by molar-refractivity contribution is 5.38. The van der Waals surface area contributed by atoms with Crippen molar-refractivity contribution in [2.75, 3.05) is 6.61 Å². The van der Waals surface area contributed by atoms with E-state index in [-0.39, 0.29) is 12.2 Å². The third-order valence-electron chi connectivity index (χ3n) is 4.08. The van der Waals surface area contributed by atoms with Gasteiger partial charge in [-0.1, -0.05) is 24.6 Å². The fourth-order valence-electron chi connectivity index (χ4n) is 3.07. The fraction of sp³-hybridized carbons (Fsp3) is 0.625. The SMILES string of the molecule is Cc1cc(C)c(CC(O)C2OCCC2C)c(C)c1. The summed E-state index contributed by atoms with van der Waals surface area (Å²) < 4.78 is 5.65. The highest BCUT2D eigenvalue weighted by Gasteiger charge is 2.31. The molecule has 0 saturated carbocycles. The van der Waals surface area contributed by atoms with E-state index in [2.05, 4.69) is 39.8 Å². The van der Waals surface area contributed by atoms with Gasteiger partial charge in [0.2, 0.25) is 0 Å². The predicted octanol–water partition coefficient (Wildman–Crippen LogP) is 2.94. The van der Waals surface area contributed by atoms with Crippen LogP contribution < -0.4 is 0 Å². The van der Waals surface area contributed by atoms with Gasteiger partial charge >= 0.3 is 0 Å². The van der Waals surface area contributed by atoms with Crippen LogP contribution in [0.2, 0.25) is 0 Å². The van der Waals surface area contributed by atoms with Crippen LogP contribution in [-0.4, -0.2) is 23.9 Å². The molecule has 1 N–H and O–H groups in total. The number of aryl methyl sites for hydroxylation is 3. The molecular formula is C16H24O2. The van der Waals surface area contributed by atoms with Crippen LogP contribution in [0.1, 0.15) is 35.6 Å². The van der Waals surface area contributed by atoms with E-state index in [0.717, 1.165) is 13.0 Å². The van der Waals surface area contributed by atoms with E-state index in [1.54, 1.807) is 0 Å². The molecule has 2 nitrogen and oxygen atoms in total. The molecule has 3 atom stereocenters. The van der Waals surface area contributed by atoms with E-state index in [1.165, 1.54) is 22.3 Å². The zero-order valence-electron chi connectivity index (χ0n) is 11.9. The monoisotopic (exact) mass is 248 g/mol. The first-order chi connectivity index (χ1) is 8.49. The van der Waals surface area contributed by atoms with Gasteiger partial charge in [0.1, 0.15) is 0 Å². The molecule has 0 radical (unpaired) electrons. The molecule has 0 spiro atoms. The van der Waals surface area contributed by atoms with Gasteiger partial charge in [0, 0.05) is 13.0 Å². The maximum absolute atomic E-state index is 10.4. The van der Waals surface area contributed by atoms with E-state index in [9.17, 15) is 5.11 Å². The summed E-state index contributed by atoms with van der Waals surface area (Å²) >= 11 is 0. The second-order valence-corrected chi connectivity index (χ2v) is 5.75. The minimum atomic E-state index is -0.386. The van der Waals surface area contributed by atoms with Crippen LogP contribution in [0.5, 0.6) is 0 Å². The van der Waals surface area contributed by atoms with Crippen LogP contribution in [0.15, 0.2) is 12.1 Å². The summed E-state index contributed by atoms with van der Waals surface area (Å²) in [7, 11) is 0. The molecular weight excluding hydrogens is 224 g/mol. The third-order valence-corrected chi connectivity index (χ3v) is 4.08. The number of benzene rings is 1. The van der Waals surface area contributed by atoms with Crippen molar-refractivity contribution in [2.45, 2.75) is 52.7 Å². The van der Waals surface area contributed by atoms with Gasteiger partial charge in [0.25, 0.3) is 0 Å². The molecule has 1 aliphatic rings. The maximum atomic E-state index is 10.4. The van der Waals surface area contributed by atoms with Crippen LogP contribution in [-0.2, 0) is 11.2 Å². The summed E-state index contributed by atoms with van der Waals surface area (Å²) in [5.41, 5.74) is 5.11. The van der Waals surface area contributed by atoms with Gasteiger partial charge in [0.15, 0.2) is 0 Å². The molecule has 1 heterocycles. The second-order valence-electron chi connectivity index (χ2n) is 5.75. The van der Waals surface area contributed by atoms with Crippen molar-refractivity contribution in [3.8, 4) is 0 Å². The van der Waals surface area contributed by atoms with Gasteiger partial charge in [-0.15, -0.1) is 0 Å². The van der Waals surface area contributed by atoms with Gasteiger partial charge in [-0.25, -0.2) is 0 Å². The lowest BCUT2D eigenvalue weighted by Crippen LogP contribution is -2.32. The summed E-state index contributed by atoms with van der Waals surface area (Å²) in [6.45, 7) is 9.31. The average Bonchev–Trinajstić information content (AvgIpc) is 2.69. The Morgan fingerprint density at radius 2 is 1.89 bits per heavy atom. The van der Waals surface area contributed by atoms with E-state index in [4.69, 9.17) is 4.74 Å². The van der Waals surface area contributed by atoms with Gasteiger partial charge in [-0.05, 0) is 49.8 Å². The lowest BCUT2D eigenvalue weighted by molar-refractivity contribution is -0.0158. The minimum absolute atomic E-state index is 0.00473. The topological polar surface area (TPSA) is 29.5 Å². The molecule has 3 unspecified atom stereocenters. The minimum Gasteiger partial charge on any atom is -0.390 e. The number of ether oxygens (including phenoxy) is 1. The summed E-state index contributed by atoms with van der Waals surface area (Å²) in [5, 5.41) is 10.4. The fourth-order valence-corrected chi connectivity index (χ4v) is 3.07. The highest BCUT2D eigenvalue weighted by Crippen LogP contribution is 2.26. The Morgan fingerprint density at radius 1 is 1.28 bits per heavy atom. The number of aliphatic hydroxyl groups is 1. The van der Waals surface area contributed by atoms with Crippen molar-refractivity contribution in [3.05, 3.63) is 34.4 Å². The van der Waals surface area contributed by atoms with Crippen molar-refractivity contribution in [3.63, 3.8) is 0 Å².